The van der Waals surface area contributed by atoms with Gasteiger partial charge in [0.2, 0.25) is 5.67 Å². The van der Waals surface area contributed by atoms with Gasteiger partial charge in [-0.25, -0.2) is 9.18 Å². The SMILES string of the molecule is C[C@H](Cc1c[nH]c2ccccc12)NC1CC1(F)C(=O)O. The molecule has 3 N–H and O–H groups in total. The molecule has 0 radical (unpaired) electrons. The van der Waals surface area contributed by atoms with Gasteiger partial charge >= 0.3 is 5.97 Å². The van der Waals surface area contributed by atoms with Gasteiger partial charge in [0.15, 0.2) is 0 Å². The summed E-state index contributed by atoms with van der Waals surface area (Å²) in [7, 11) is 0. The van der Waals surface area contributed by atoms with Crippen LogP contribution in [0.3, 0.4) is 0 Å². The molecule has 5 heteroatoms. The zero-order valence-electron chi connectivity index (χ0n) is 11.2. The van der Waals surface area contributed by atoms with Crippen molar-refractivity contribution in [2.75, 3.05) is 0 Å². The molecule has 4 nitrogen and oxygen atoms in total. The molecule has 106 valence electrons. The van der Waals surface area contributed by atoms with Gasteiger partial charge in [-0.15, -0.1) is 0 Å². The summed E-state index contributed by atoms with van der Waals surface area (Å²) in [5.41, 5.74) is 0.154. The summed E-state index contributed by atoms with van der Waals surface area (Å²) >= 11 is 0. The third-order valence-corrected chi connectivity index (χ3v) is 3.94. The molecule has 0 aliphatic heterocycles. The highest BCUT2D eigenvalue weighted by atomic mass is 19.1. The molecule has 1 aliphatic carbocycles. The van der Waals surface area contributed by atoms with Crippen LogP contribution in [0.2, 0.25) is 0 Å². The van der Waals surface area contributed by atoms with E-state index in [-0.39, 0.29) is 12.5 Å². The van der Waals surface area contributed by atoms with Crippen LogP contribution in [0.4, 0.5) is 4.39 Å². The van der Waals surface area contributed by atoms with Crippen LogP contribution in [0.15, 0.2) is 30.5 Å². The maximum absolute atomic E-state index is 13.7. The number of aliphatic carboxylic acids is 1. The average Bonchev–Trinajstić information content (AvgIpc) is 2.90. The van der Waals surface area contributed by atoms with E-state index in [1.165, 1.54) is 0 Å². The lowest BCUT2D eigenvalue weighted by atomic mass is 10.1. The maximum atomic E-state index is 13.7. The summed E-state index contributed by atoms with van der Waals surface area (Å²) in [6.45, 7) is 1.95. The Labute approximate surface area is 116 Å². The third-order valence-electron chi connectivity index (χ3n) is 3.94. The van der Waals surface area contributed by atoms with E-state index in [1.54, 1.807) is 0 Å². The van der Waals surface area contributed by atoms with Crippen LogP contribution in [-0.4, -0.2) is 33.8 Å². The molecule has 0 amide bonds. The van der Waals surface area contributed by atoms with Gasteiger partial charge in [-0.1, -0.05) is 18.2 Å². The van der Waals surface area contributed by atoms with Crippen molar-refractivity contribution in [3.8, 4) is 0 Å². The summed E-state index contributed by atoms with van der Waals surface area (Å²) in [6, 6.07) is 7.46. The van der Waals surface area contributed by atoms with Crippen molar-refractivity contribution in [3.05, 3.63) is 36.0 Å². The smallest absolute Gasteiger partial charge is 0.343 e. The first kappa shape index (κ1) is 13.1. The topological polar surface area (TPSA) is 65.1 Å². The number of halogens is 1. The Morgan fingerprint density at radius 2 is 2.35 bits per heavy atom. The molecule has 1 saturated carbocycles. The van der Waals surface area contributed by atoms with Crippen LogP contribution in [0, 0.1) is 0 Å². The highest BCUT2D eigenvalue weighted by molar-refractivity contribution is 5.83. The number of aromatic amines is 1. The maximum Gasteiger partial charge on any atom is 0.343 e. The van der Waals surface area contributed by atoms with E-state index in [1.807, 2.05) is 37.4 Å². The van der Waals surface area contributed by atoms with Gasteiger partial charge in [-0.05, 0) is 25.0 Å². The molecular weight excluding hydrogens is 259 g/mol. The van der Waals surface area contributed by atoms with Crippen molar-refractivity contribution in [2.45, 2.75) is 37.5 Å². The number of benzene rings is 1. The molecule has 3 atom stereocenters. The number of hydrogen-bond acceptors (Lipinski definition) is 2. The van der Waals surface area contributed by atoms with Crippen molar-refractivity contribution in [1.29, 1.82) is 0 Å². The third kappa shape index (κ3) is 2.18. The second-order valence-corrected chi connectivity index (χ2v) is 5.56. The van der Waals surface area contributed by atoms with Crippen LogP contribution in [-0.2, 0) is 11.2 Å². The lowest BCUT2D eigenvalue weighted by Crippen LogP contribution is -2.36. The summed E-state index contributed by atoms with van der Waals surface area (Å²) in [5, 5.41) is 13.0. The molecule has 0 bridgehead atoms. The predicted octanol–water partition coefficient (Wildman–Crippen LogP) is 2.25. The van der Waals surface area contributed by atoms with Crippen LogP contribution >= 0.6 is 0 Å². The fourth-order valence-corrected chi connectivity index (χ4v) is 2.70. The Balaban J connectivity index is 1.65. The van der Waals surface area contributed by atoms with Crippen molar-refractivity contribution >= 4 is 16.9 Å². The Bertz CT molecular complexity index is 654. The van der Waals surface area contributed by atoms with E-state index in [0.717, 1.165) is 22.9 Å². The number of nitrogens with one attached hydrogen (secondary N) is 2. The van der Waals surface area contributed by atoms with E-state index >= 15 is 0 Å². The molecule has 2 aromatic rings. The van der Waals surface area contributed by atoms with Gasteiger partial charge in [-0.3, -0.25) is 0 Å². The number of hydrogen-bond donors (Lipinski definition) is 3. The number of H-pyrrole nitrogens is 1. The first-order chi connectivity index (χ1) is 9.50. The fraction of sp³-hybridized carbons (Fsp3) is 0.400. The quantitative estimate of drug-likeness (QED) is 0.784. The molecular formula is C15H17FN2O2. The highest BCUT2D eigenvalue weighted by Crippen LogP contribution is 2.41. The minimum absolute atomic E-state index is 0.0242. The second kappa shape index (κ2) is 4.59. The molecule has 2 unspecified atom stereocenters. The van der Waals surface area contributed by atoms with Crippen molar-refractivity contribution in [2.24, 2.45) is 0 Å². The Kier molecular flexibility index (Phi) is 3.01. The van der Waals surface area contributed by atoms with E-state index in [4.69, 9.17) is 5.11 Å². The Morgan fingerprint density at radius 3 is 3.05 bits per heavy atom. The number of fused-ring (bicyclic) bond motifs is 1. The molecule has 1 heterocycles. The van der Waals surface area contributed by atoms with E-state index in [2.05, 4.69) is 10.3 Å². The Hall–Kier alpha value is -1.88. The lowest BCUT2D eigenvalue weighted by Gasteiger charge is -2.13. The van der Waals surface area contributed by atoms with Gasteiger partial charge in [0.25, 0.3) is 0 Å². The zero-order valence-corrected chi connectivity index (χ0v) is 11.2. The van der Waals surface area contributed by atoms with Gasteiger partial charge in [0.05, 0.1) is 6.04 Å². The van der Waals surface area contributed by atoms with Gasteiger partial charge in [-0.2, -0.15) is 0 Å². The number of alkyl halides is 1. The number of rotatable bonds is 5. The monoisotopic (exact) mass is 276 g/mol. The van der Waals surface area contributed by atoms with Crippen LogP contribution in [0.5, 0.6) is 0 Å². The van der Waals surface area contributed by atoms with Gasteiger partial charge < -0.3 is 15.4 Å². The second-order valence-electron chi connectivity index (χ2n) is 5.56. The number of carbonyl (C=O) groups is 1. The zero-order chi connectivity index (χ0) is 14.3. The van der Waals surface area contributed by atoms with Crippen molar-refractivity contribution < 1.29 is 14.3 Å². The summed E-state index contributed by atoms with van der Waals surface area (Å²) in [5.74, 6) is -1.37. The van der Waals surface area contributed by atoms with E-state index in [0.29, 0.717) is 0 Å². The number of carboxylic acids is 1. The van der Waals surface area contributed by atoms with Crippen molar-refractivity contribution in [3.63, 3.8) is 0 Å². The highest BCUT2D eigenvalue weighted by Gasteiger charge is 2.62. The molecule has 1 aromatic heterocycles. The van der Waals surface area contributed by atoms with E-state index in [9.17, 15) is 9.18 Å². The first-order valence-corrected chi connectivity index (χ1v) is 6.74. The molecule has 1 aliphatic rings. The van der Waals surface area contributed by atoms with Crippen molar-refractivity contribution in [1.82, 2.24) is 10.3 Å². The summed E-state index contributed by atoms with van der Waals surface area (Å²) in [6.07, 6.45) is 2.74. The number of aromatic nitrogens is 1. The summed E-state index contributed by atoms with van der Waals surface area (Å²) < 4.78 is 13.7. The molecule has 3 rings (SSSR count). The molecule has 0 saturated heterocycles. The van der Waals surface area contributed by atoms with Gasteiger partial charge in [0.1, 0.15) is 0 Å². The first-order valence-electron chi connectivity index (χ1n) is 6.74. The molecule has 0 spiro atoms. The molecule has 20 heavy (non-hydrogen) atoms. The largest absolute Gasteiger partial charge is 0.479 e. The Morgan fingerprint density at radius 1 is 1.60 bits per heavy atom. The molecule has 1 fully saturated rings. The van der Waals surface area contributed by atoms with Gasteiger partial charge in [0, 0.05) is 29.6 Å². The minimum Gasteiger partial charge on any atom is -0.479 e. The summed E-state index contributed by atoms with van der Waals surface area (Å²) in [4.78, 5) is 13.9. The molecule has 1 aromatic carbocycles. The number of para-hydroxylation sites is 1. The number of carboxylic acid groups (broad SMARTS) is 1. The standard InChI is InChI=1S/C15H17FN2O2/c1-9(18-13-7-15(13,16)14(19)20)6-10-8-17-12-5-3-2-4-11(10)12/h2-5,8-9,13,17-18H,6-7H2,1H3,(H,19,20)/t9-,13?,15?/m1/s1. The normalized spacial score (nSPS) is 26.6. The van der Waals surface area contributed by atoms with E-state index < -0.39 is 17.7 Å². The fourth-order valence-electron chi connectivity index (χ4n) is 2.70. The predicted molar refractivity (Wildman–Crippen MR) is 74.5 cm³/mol. The van der Waals surface area contributed by atoms with Crippen LogP contribution in [0.25, 0.3) is 10.9 Å². The lowest BCUT2D eigenvalue weighted by molar-refractivity contribution is -0.144. The average molecular weight is 276 g/mol. The minimum atomic E-state index is -2.07. The van der Waals surface area contributed by atoms with Crippen LogP contribution in [0.1, 0.15) is 18.9 Å². The van der Waals surface area contributed by atoms with Crippen LogP contribution < -0.4 is 5.32 Å².